The molecule has 6 nitrogen and oxygen atoms in total. The summed E-state index contributed by atoms with van der Waals surface area (Å²) in [4.78, 5) is 19.2. The van der Waals surface area contributed by atoms with Crippen molar-refractivity contribution in [3.8, 4) is 0 Å². The second kappa shape index (κ2) is 5.69. The fourth-order valence-corrected chi connectivity index (χ4v) is 2.29. The number of nitrogens with zero attached hydrogens (tertiary/aromatic N) is 2. The summed E-state index contributed by atoms with van der Waals surface area (Å²) in [6.45, 7) is 4.13. The van der Waals surface area contributed by atoms with E-state index in [0.29, 0.717) is 23.4 Å². The molecule has 0 saturated carbocycles. The highest BCUT2D eigenvalue weighted by atomic mass is 19.1. The summed E-state index contributed by atoms with van der Waals surface area (Å²) in [6, 6.07) is 5.84. The Bertz CT molecular complexity index is 870. The van der Waals surface area contributed by atoms with E-state index in [4.69, 9.17) is 0 Å². The molecule has 2 aromatic heterocycles. The minimum atomic E-state index is -0.436. The van der Waals surface area contributed by atoms with E-state index in [1.54, 1.807) is 6.07 Å². The lowest BCUT2D eigenvalue weighted by Crippen LogP contribution is -2.21. The number of fused-ring (bicyclic) bond motifs is 1. The Morgan fingerprint density at radius 3 is 2.95 bits per heavy atom. The molecule has 0 bridgehead atoms. The van der Waals surface area contributed by atoms with Gasteiger partial charge in [-0.3, -0.25) is 9.89 Å². The molecule has 1 atom stereocenters. The molecule has 0 radical (unpaired) electrons. The quantitative estimate of drug-likeness (QED) is 0.687. The number of rotatable bonds is 4. The lowest BCUT2D eigenvalue weighted by molar-refractivity contribution is 0.542. The first kappa shape index (κ1) is 14.4. The Morgan fingerprint density at radius 1 is 1.41 bits per heavy atom. The van der Waals surface area contributed by atoms with Gasteiger partial charge in [0.2, 0.25) is 0 Å². The summed E-state index contributed by atoms with van der Waals surface area (Å²) in [5.41, 5.74) is 0.640. The van der Waals surface area contributed by atoms with Crippen molar-refractivity contribution in [2.45, 2.75) is 26.4 Å². The Kier molecular flexibility index (Phi) is 3.72. The lowest BCUT2D eigenvalue weighted by Gasteiger charge is -2.11. The van der Waals surface area contributed by atoms with E-state index in [1.165, 1.54) is 18.2 Å². The summed E-state index contributed by atoms with van der Waals surface area (Å²) in [7, 11) is 0. The maximum Gasteiger partial charge on any atom is 0.189 e. The monoisotopic (exact) mass is 301 g/mol. The smallest absolute Gasteiger partial charge is 0.189 e. The van der Waals surface area contributed by atoms with Gasteiger partial charge in [0.25, 0.3) is 0 Å². The van der Waals surface area contributed by atoms with E-state index in [1.807, 2.05) is 13.8 Å². The number of aryl methyl sites for hydroxylation is 1. The molecule has 0 aliphatic rings. The predicted molar refractivity (Wildman–Crippen MR) is 80.9 cm³/mol. The zero-order valence-electron chi connectivity index (χ0n) is 12.3. The fourth-order valence-electron chi connectivity index (χ4n) is 2.29. The number of aromatic amines is 2. The van der Waals surface area contributed by atoms with Crippen molar-refractivity contribution >= 4 is 10.9 Å². The van der Waals surface area contributed by atoms with Crippen LogP contribution in [0.15, 0.2) is 29.1 Å². The van der Waals surface area contributed by atoms with E-state index < -0.39 is 5.82 Å². The molecule has 0 fully saturated rings. The molecule has 0 saturated heterocycles. The minimum Gasteiger partial charge on any atom is -0.355 e. The largest absolute Gasteiger partial charge is 0.355 e. The van der Waals surface area contributed by atoms with Crippen LogP contribution in [-0.2, 0) is 6.54 Å². The lowest BCUT2D eigenvalue weighted by atomic mass is 10.2. The average Bonchev–Trinajstić information content (AvgIpc) is 2.93. The molecule has 7 heteroatoms. The molecule has 2 heterocycles. The van der Waals surface area contributed by atoms with Gasteiger partial charge in [0, 0.05) is 23.7 Å². The van der Waals surface area contributed by atoms with Gasteiger partial charge in [-0.2, -0.15) is 5.10 Å². The minimum absolute atomic E-state index is 0.0928. The molecular formula is C15H16FN5O. The van der Waals surface area contributed by atoms with Crippen LogP contribution < -0.4 is 10.7 Å². The van der Waals surface area contributed by atoms with Gasteiger partial charge >= 0.3 is 0 Å². The van der Waals surface area contributed by atoms with Gasteiger partial charge in [0.05, 0.1) is 11.6 Å². The molecule has 1 unspecified atom stereocenters. The summed E-state index contributed by atoms with van der Waals surface area (Å²) in [5.74, 6) is 0.950. The third-order valence-electron chi connectivity index (χ3n) is 3.47. The number of hydrogen-bond acceptors (Lipinski definition) is 4. The van der Waals surface area contributed by atoms with E-state index in [-0.39, 0.29) is 17.0 Å². The number of halogens is 1. The Morgan fingerprint density at radius 2 is 2.23 bits per heavy atom. The second-order valence-corrected chi connectivity index (χ2v) is 5.20. The topological polar surface area (TPSA) is 86.5 Å². The van der Waals surface area contributed by atoms with Crippen LogP contribution in [-0.4, -0.2) is 20.2 Å². The molecule has 0 spiro atoms. The van der Waals surface area contributed by atoms with Crippen LogP contribution in [0.3, 0.4) is 0 Å². The van der Waals surface area contributed by atoms with Crippen molar-refractivity contribution in [1.82, 2.24) is 25.5 Å². The number of benzene rings is 1. The van der Waals surface area contributed by atoms with Crippen molar-refractivity contribution in [2.24, 2.45) is 0 Å². The van der Waals surface area contributed by atoms with Crippen LogP contribution in [0.4, 0.5) is 4.39 Å². The Hall–Kier alpha value is -2.54. The third-order valence-corrected chi connectivity index (χ3v) is 3.47. The third kappa shape index (κ3) is 2.75. The van der Waals surface area contributed by atoms with Crippen molar-refractivity contribution in [3.63, 3.8) is 0 Å². The van der Waals surface area contributed by atoms with Crippen LogP contribution in [0.5, 0.6) is 0 Å². The number of aromatic nitrogens is 4. The zero-order chi connectivity index (χ0) is 15.7. The summed E-state index contributed by atoms with van der Waals surface area (Å²) < 4.78 is 13.8. The summed E-state index contributed by atoms with van der Waals surface area (Å²) >= 11 is 0. The van der Waals surface area contributed by atoms with E-state index in [9.17, 15) is 9.18 Å². The highest BCUT2D eigenvalue weighted by molar-refractivity contribution is 5.78. The van der Waals surface area contributed by atoms with E-state index in [2.05, 4.69) is 25.5 Å². The maximum absolute atomic E-state index is 13.8. The van der Waals surface area contributed by atoms with Crippen LogP contribution in [0.2, 0.25) is 0 Å². The molecule has 3 aromatic rings. The summed E-state index contributed by atoms with van der Waals surface area (Å²) in [5, 5.41) is 10.4. The van der Waals surface area contributed by atoms with Crippen molar-refractivity contribution < 1.29 is 4.39 Å². The molecule has 0 amide bonds. The molecule has 22 heavy (non-hydrogen) atoms. The first-order valence-corrected chi connectivity index (χ1v) is 6.97. The molecule has 1 aromatic carbocycles. The average molecular weight is 301 g/mol. The number of H-pyrrole nitrogens is 2. The Balaban J connectivity index is 1.82. The first-order chi connectivity index (χ1) is 10.5. The SMILES string of the molecule is Cc1nc(C(C)NCc2cc(=O)c3cccc(F)c3[nH]2)n[nH]1. The van der Waals surface area contributed by atoms with Gasteiger partial charge in [-0.15, -0.1) is 0 Å². The first-order valence-electron chi connectivity index (χ1n) is 6.97. The molecular weight excluding hydrogens is 285 g/mol. The van der Waals surface area contributed by atoms with Gasteiger partial charge < -0.3 is 10.3 Å². The van der Waals surface area contributed by atoms with E-state index >= 15 is 0 Å². The van der Waals surface area contributed by atoms with Gasteiger partial charge in [-0.05, 0) is 26.0 Å². The van der Waals surface area contributed by atoms with Crippen LogP contribution in [0.1, 0.15) is 30.3 Å². The second-order valence-electron chi connectivity index (χ2n) is 5.20. The van der Waals surface area contributed by atoms with E-state index in [0.717, 1.165) is 5.82 Å². The van der Waals surface area contributed by atoms with Gasteiger partial charge in [0.15, 0.2) is 11.3 Å². The molecule has 3 rings (SSSR count). The molecule has 0 aliphatic carbocycles. The zero-order valence-corrected chi connectivity index (χ0v) is 12.3. The molecule has 3 N–H and O–H groups in total. The van der Waals surface area contributed by atoms with Crippen LogP contribution in [0, 0.1) is 12.7 Å². The van der Waals surface area contributed by atoms with Gasteiger partial charge in [-0.1, -0.05) is 6.07 Å². The normalized spacial score (nSPS) is 12.7. The van der Waals surface area contributed by atoms with Crippen LogP contribution in [0.25, 0.3) is 10.9 Å². The molecule has 0 aliphatic heterocycles. The predicted octanol–water partition coefficient (Wildman–Crippen LogP) is 1.94. The highest BCUT2D eigenvalue weighted by Gasteiger charge is 2.11. The van der Waals surface area contributed by atoms with Crippen molar-refractivity contribution in [1.29, 1.82) is 0 Å². The van der Waals surface area contributed by atoms with Crippen molar-refractivity contribution in [3.05, 3.63) is 57.6 Å². The van der Waals surface area contributed by atoms with Crippen LogP contribution >= 0.6 is 0 Å². The number of nitrogens with one attached hydrogen (secondary N) is 3. The number of pyridine rings is 1. The summed E-state index contributed by atoms with van der Waals surface area (Å²) in [6.07, 6.45) is 0. The fraction of sp³-hybridized carbons (Fsp3) is 0.267. The van der Waals surface area contributed by atoms with Crippen molar-refractivity contribution in [2.75, 3.05) is 0 Å². The highest BCUT2D eigenvalue weighted by Crippen LogP contribution is 2.13. The van der Waals surface area contributed by atoms with Gasteiger partial charge in [0.1, 0.15) is 11.6 Å². The maximum atomic E-state index is 13.8. The molecule has 114 valence electrons. The number of para-hydroxylation sites is 1. The van der Waals surface area contributed by atoms with Gasteiger partial charge in [-0.25, -0.2) is 9.37 Å². The standard InChI is InChI=1S/C15H16FN5O/c1-8(15-18-9(2)20-21-15)17-7-10-6-13(22)11-4-3-5-12(16)14(11)19-10/h3-6,8,17H,7H2,1-2H3,(H,19,22)(H,18,20,21). The number of hydrogen-bond donors (Lipinski definition) is 3. The Labute approximate surface area is 125 Å².